The molecule has 1 aliphatic heterocycles. The minimum atomic E-state index is -0.803. The Labute approximate surface area is 165 Å². The molecule has 1 heterocycles. The summed E-state index contributed by atoms with van der Waals surface area (Å²) in [4.78, 5) is 40.4. The summed E-state index contributed by atoms with van der Waals surface area (Å²) in [6.45, 7) is 6.99. The highest BCUT2D eigenvalue weighted by atomic mass is 16.2. The SMILES string of the molecule is Cc1ccc(N2C(=O)C(=O)N(C[NH+](C)Cc3ccc(C(C)C)cc3)C2=O)cc1. The van der Waals surface area contributed by atoms with Gasteiger partial charge in [-0.25, -0.2) is 14.6 Å². The smallest absolute Gasteiger partial charge is 0.316 e. The number of amides is 4. The monoisotopic (exact) mass is 380 g/mol. The van der Waals surface area contributed by atoms with Crippen molar-refractivity contribution in [3.05, 3.63) is 65.2 Å². The molecule has 2 aromatic carbocycles. The van der Waals surface area contributed by atoms with Crippen LogP contribution < -0.4 is 9.80 Å². The van der Waals surface area contributed by atoms with E-state index in [1.165, 1.54) is 5.56 Å². The van der Waals surface area contributed by atoms with E-state index in [2.05, 4.69) is 38.1 Å². The van der Waals surface area contributed by atoms with Crippen molar-refractivity contribution in [2.45, 2.75) is 33.2 Å². The standard InChI is InChI=1S/C22H25N3O3/c1-15(2)18-9-7-17(8-10-18)13-23(4)14-24-20(26)21(27)25(22(24)28)19-11-5-16(3)6-12-19/h5-12,15H,13-14H2,1-4H3/p+1. The van der Waals surface area contributed by atoms with E-state index in [0.717, 1.165) is 25.8 Å². The van der Waals surface area contributed by atoms with Crippen molar-refractivity contribution in [1.29, 1.82) is 0 Å². The van der Waals surface area contributed by atoms with E-state index in [1.54, 1.807) is 24.3 Å². The second-order valence-electron chi connectivity index (χ2n) is 7.68. The van der Waals surface area contributed by atoms with Crippen LogP contribution in [0.3, 0.4) is 0 Å². The van der Waals surface area contributed by atoms with E-state index in [0.29, 0.717) is 18.2 Å². The molecule has 0 aliphatic carbocycles. The van der Waals surface area contributed by atoms with E-state index >= 15 is 0 Å². The first kappa shape index (κ1) is 19.8. The molecule has 1 aliphatic rings. The third kappa shape index (κ3) is 3.97. The lowest BCUT2D eigenvalue weighted by atomic mass is 10.0. The molecule has 2 aromatic rings. The lowest BCUT2D eigenvalue weighted by Gasteiger charge is -2.20. The zero-order chi connectivity index (χ0) is 20.4. The number of imide groups is 2. The van der Waals surface area contributed by atoms with Gasteiger partial charge in [-0.15, -0.1) is 0 Å². The first-order valence-corrected chi connectivity index (χ1v) is 9.44. The molecule has 1 N–H and O–H groups in total. The van der Waals surface area contributed by atoms with Gasteiger partial charge in [0.15, 0.2) is 6.67 Å². The zero-order valence-corrected chi connectivity index (χ0v) is 16.7. The molecule has 0 spiro atoms. The summed E-state index contributed by atoms with van der Waals surface area (Å²) in [7, 11) is 1.90. The molecule has 146 valence electrons. The minimum Gasteiger partial charge on any atom is -0.316 e. The van der Waals surface area contributed by atoms with E-state index in [1.807, 2.05) is 14.0 Å². The molecule has 0 aromatic heterocycles. The summed E-state index contributed by atoms with van der Waals surface area (Å²) >= 11 is 0. The number of benzene rings is 2. The van der Waals surface area contributed by atoms with Gasteiger partial charge in [-0.05, 0) is 30.5 Å². The fourth-order valence-electron chi connectivity index (χ4n) is 3.26. The van der Waals surface area contributed by atoms with Gasteiger partial charge in [-0.1, -0.05) is 55.8 Å². The van der Waals surface area contributed by atoms with Crippen molar-refractivity contribution < 1.29 is 19.3 Å². The van der Waals surface area contributed by atoms with Crippen LogP contribution in [0.25, 0.3) is 0 Å². The highest BCUT2D eigenvalue weighted by molar-refractivity contribution is 6.52. The molecular formula is C22H26N3O3+. The van der Waals surface area contributed by atoms with Crippen LogP contribution in [-0.4, -0.2) is 36.5 Å². The first-order chi connectivity index (χ1) is 13.3. The quantitative estimate of drug-likeness (QED) is 0.617. The van der Waals surface area contributed by atoms with Crippen LogP contribution in [0.15, 0.2) is 48.5 Å². The molecule has 6 nitrogen and oxygen atoms in total. The second-order valence-corrected chi connectivity index (χ2v) is 7.68. The van der Waals surface area contributed by atoms with Gasteiger partial charge in [0.1, 0.15) is 6.54 Å². The first-order valence-electron chi connectivity index (χ1n) is 9.44. The van der Waals surface area contributed by atoms with Crippen molar-refractivity contribution in [1.82, 2.24) is 4.90 Å². The van der Waals surface area contributed by atoms with Crippen LogP contribution in [0.5, 0.6) is 0 Å². The molecule has 0 saturated carbocycles. The molecule has 1 atom stereocenters. The van der Waals surface area contributed by atoms with Crippen LogP contribution in [0.1, 0.15) is 36.5 Å². The number of nitrogens with zero attached hydrogens (tertiary/aromatic N) is 2. The number of carbonyl (C=O) groups is 3. The van der Waals surface area contributed by atoms with Crippen LogP contribution in [0.2, 0.25) is 0 Å². The average molecular weight is 380 g/mol. The van der Waals surface area contributed by atoms with Gasteiger partial charge < -0.3 is 4.90 Å². The second kappa shape index (κ2) is 7.94. The number of urea groups is 1. The van der Waals surface area contributed by atoms with Gasteiger partial charge in [0.2, 0.25) is 0 Å². The van der Waals surface area contributed by atoms with Crippen LogP contribution in [0, 0.1) is 6.92 Å². The molecular weight excluding hydrogens is 354 g/mol. The van der Waals surface area contributed by atoms with Crippen molar-refractivity contribution in [3.63, 3.8) is 0 Å². The molecule has 0 bridgehead atoms. The fraction of sp³-hybridized carbons (Fsp3) is 0.318. The predicted molar refractivity (Wildman–Crippen MR) is 107 cm³/mol. The third-order valence-corrected chi connectivity index (χ3v) is 4.93. The number of aryl methyl sites for hydroxylation is 1. The Morgan fingerprint density at radius 1 is 0.893 bits per heavy atom. The maximum atomic E-state index is 12.7. The molecule has 1 fully saturated rings. The Bertz CT molecular complexity index is 888. The summed E-state index contributed by atoms with van der Waals surface area (Å²) < 4.78 is 0. The van der Waals surface area contributed by atoms with E-state index in [9.17, 15) is 14.4 Å². The highest BCUT2D eigenvalue weighted by Crippen LogP contribution is 2.22. The summed E-state index contributed by atoms with van der Waals surface area (Å²) in [5, 5.41) is 0. The fourth-order valence-corrected chi connectivity index (χ4v) is 3.26. The Kier molecular flexibility index (Phi) is 5.61. The molecule has 3 rings (SSSR count). The lowest BCUT2D eigenvalue weighted by molar-refractivity contribution is -0.901. The van der Waals surface area contributed by atoms with Gasteiger partial charge in [0.05, 0.1) is 12.7 Å². The van der Waals surface area contributed by atoms with Crippen molar-refractivity contribution in [2.24, 2.45) is 0 Å². The van der Waals surface area contributed by atoms with Crippen molar-refractivity contribution in [2.75, 3.05) is 18.6 Å². The summed E-state index contributed by atoms with van der Waals surface area (Å²) in [6, 6.07) is 14.7. The van der Waals surface area contributed by atoms with Crippen LogP contribution in [-0.2, 0) is 16.1 Å². The minimum absolute atomic E-state index is 0.137. The Hall–Kier alpha value is -2.99. The molecule has 0 radical (unpaired) electrons. The molecule has 1 saturated heterocycles. The van der Waals surface area contributed by atoms with E-state index in [4.69, 9.17) is 0 Å². The van der Waals surface area contributed by atoms with Crippen LogP contribution in [0.4, 0.5) is 10.5 Å². The van der Waals surface area contributed by atoms with Gasteiger partial charge in [0.25, 0.3) is 0 Å². The van der Waals surface area contributed by atoms with Crippen LogP contribution >= 0.6 is 0 Å². The number of hydrogen-bond donors (Lipinski definition) is 1. The lowest BCUT2D eigenvalue weighted by Crippen LogP contribution is -3.09. The number of rotatable bonds is 6. The maximum absolute atomic E-state index is 12.7. The molecule has 1 unspecified atom stereocenters. The van der Waals surface area contributed by atoms with E-state index < -0.39 is 17.8 Å². The molecule has 6 heteroatoms. The number of quaternary nitrogens is 1. The third-order valence-electron chi connectivity index (χ3n) is 4.93. The topological polar surface area (TPSA) is 62.1 Å². The summed E-state index contributed by atoms with van der Waals surface area (Å²) in [5.41, 5.74) is 3.81. The number of nitrogens with one attached hydrogen (secondary N) is 1. The normalized spacial score (nSPS) is 15.7. The number of anilines is 1. The largest absolute Gasteiger partial charge is 0.343 e. The van der Waals surface area contributed by atoms with E-state index in [-0.39, 0.29) is 6.67 Å². The summed E-state index contributed by atoms with van der Waals surface area (Å²) in [5.74, 6) is -1.11. The van der Waals surface area contributed by atoms with Gasteiger partial charge in [-0.2, -0.15) is 0 Å². The highest BCUT2D eigenvalue weighted by Gasteiger charge is 2.46. The van der Waals surface area contributed by atoms with Crippen molar-refractivity contribution in [3.8, 4) is 0 Å². The van der Waals surface area contributed by atoms with Crippen molar-refractivity contribution >= 4 is 23.5 Å². The summed E-state index contributed by atoms with van der Waals surface area (Å²) in [6.07, 6.45) is 0. The van der Waals surface area contributed by atoms with Gasteiger partial charge in [-0.3, -0.25) is 9.59 Å². The van der Waals surface area contributed by atoms with Gasteiger partial charge in [0, 0.05) is 5.56 Å². The molecule has 28 heavy (non-hydrogen) atoms. The predicted octanol–water partition coefficient (Wildman–Crippen LogP) is 2.09. The Morgan fingerprint density at radius 3 is 2.07 bits per heavy atom. The molecule has 4 amide bonds. The van der Waals surface area contributed by atoms with Gasteiger partial charge >= 0.3 is 17.8 Å². The Morgan fingerprint density at radius 2 is 1.50 bits per heavy atom. The zero-order valence-electron chi connectivity index (χ0n) is 16.7. The maximum Gasteiger partial charge on any atom is 0.343 e. The Balaban J connectivity index is 1.69. The number of carbonyl (C=O) groups excluding carboxylic acids is 3. The average Bonchev–Trinajstić information content (AvgIpc) is 2.86. The number of hydrogen-bond acceptors (Lipinski definition) is 3.